The summed E-state index contributed by atoms with van der Waals surface area (Å²) in [6.45, 7) is 5.45. The summed E-state index contributed by atoms with van der Waals surface area (Å²) in [5.41, 5.74) is 2.23. The molecule has 19 heavy (non-hydrogen) atoms. The first-order chi connectivity index (χ1) is 8.90. The van der Waals surface area contributed by atoms with E-state index in [4.69, 9.17) is 0 Å². The van der Waals surface area contributed by atoms with Crippen molar-refractivity contribution in [3.63, 3.8) is 0 Å². The lowest BCUT2D eigenvalue weighted by atomic mass is 9.91. The molecule has 0 radical (unpaired) electrons. The van der Waals surface area contributed by atoms with Crippen molar-refractivity contribution >= 4 is 0 Å². The van der Waals surface area contributed by atoms with Crippen LogP contribution in [0.5, 0.6) is 0 Å². The van der Waals surface area contributed by atoms with Crippen LogP contribution in [0.2, 0.25) is 0 Å². The maximum Gasteiger partial charge on any atom is 0.161 e. The normalized spacial score (nSPS) is 11.1. The van der Waals surface area contributed by atoms with Crippen molar-refractivity contribution in [1.29, 1.82) is 0 Å². The minimum Gasteiger partial charge on any atom is -0.207 e. The zero-order valence-corrected chi connectivity index (χ0v) is 11.1. The number of benzene rings is 2. The molecule has 100 valence electrons. The van der Waals surface area contributed by atoms with Crippen molar-refractivity contribution in [2.75, 3.05) is 0 Å². The molecule has 0 N–H and O–H groups in total. The molecule has 0 aliphatic rings. The highest BCUT2D eigenvalue weighted by atomic mass is 19.2. The van der Waals surface area contributed by atoms with Gasteiger partial charge in [0.25, 0.3) is 0 Å². The van der Waals surface area contributed by atoms with E-state index in [1.54, 1.807) is 12.1 Å². The predicted octanol–water partition coefficient (Wildman–Crippen LogP) is 5.20. The maximum absolute atomic E-state index is 13.5. The van der Waals surface area contributed by atoms with Gasteiger partial charge in [-0.3, -0.25) is 0 Å². The molecule has 0 amide bonds. The summed E-state index contributed by atoms with van der Waals surface area (Å²) in [7, 11) is 0. The standard InChI is InChI=1S/C16H15F3/c1-9(2)13-5-4-12(17)8-14(13)11-6-10(3)16(19)15(18)7-11/h4-9H,1-3H3. The molecule has 0 spiro atoms. The van der Waals surface area contributed by atoms with Gasteiger partial charge in [0.2, 0.25) is 0 Å². The molecule has 0 unspecified atom stereocenters. The maximum atomic E-state index is 13.5. The van der Waals surface area contributed by atoms with Gasteiger partial charge in [0.05, 0.1) is 0 Å². The lowest BCUT2D eigenvalue weighted by Gasteiger charge is -2.14. The average molecular weight is 264 g/mol. The van der Waals surface area contributed by atoms with Crippen LogP contribution < -0.4 is 0 Å². The van der Waals surface area contributed by atoms with Gasteiger partial charge >= 0.3 is 0 Å². The highest BCUT2D eigenvalue weighted by Gasteiger charge is 2.14. The molecule has 0 saturated heterocycles. The van der Waals surface area contributed by atoms with Crippen LogP contribution >= 0.6 is 0 Å². The van der Waals surface area contributed by atoms with Crippen molar-refractivity contribution < 1.29 is 13.2 Å². The zero-order chi connectivity index (χ0) is 14.2. The number of aryl methyl sites for hydroxylation is 1. The van der Waals surface area contributed by atoms with Crippen LogP contribution in [0.4, 0.5) is 13.2 Å². The van der Waals surface area contributed by atoms with Gasteiger partial charge in [-0.15, -0.1) is 0 Å². The number of halogens is 3. The second-order valence-corrected chi connectivity index (χ2v) is 4.98. The molecule has 3 heteroatoms. The van der Waals surface area contributed by atoms with E-state index in [1.165, 1.54) is 19.1 Å². The summed E-state index contributed by atoms with van der Waals surface area (Å²) in [5.74, 6) is -1.98. The van der Waals surface area contributed by atoms with Gasteiger partial charge in [-0.2, -0.15) is 0 Å². The Morgan fingerprint density at radius 3 is 2.21 bits per heavy atom. The summed E-state index contributed by atoms with van der Waals surface area (Å²) in [5, 5.41) is 0. The summed E-state index contributed by atoms with van der Waals surface area (Å²) < 4.78 is 40.2. The summed E-state index contributed by atoms with van der Waals surface area (Å²) in [6.07, 6.45) is 0. The van der Waals surface area contributed by atoms with E-state index in [9.17, 15) is 13.2 Å². The predicted molar refractivity (Wildman–Crippen MR) is 70.6 cm³/mol. The molecule has 0 saturated carbocycles. The average Bonchev–Trinajstić information content (AvgIpc) is 2.34. The van der Waals surface area contributed by atoms with E-state index in [-0.39, 0.29) is 17.3 Å². The second-order valence-electron chi connectivity index (χ2n) is 4.98. The van der Waals surface area contributed by atoms with Gasteiger partial charge in [-0.25, -0.2) is 13.2 Å². The van der Waals surface area contributed by atoms with Crippen molar-refractivity contribution in [3.8, 4) is 11.1 Å². The Morgan fingerprint density at radius 2 is 1.63 bits per heavy atom. The molecule has 0 bridgehead atoms. The van der Waals surface area contributed by atoms with E-state index in [0.717, 1.165) is 11.6 Å². The number of hydrogen-bond donors (Lipinski definition) is 0. The smallest absolute Gasteiger partial charge is 0.161 e. The van der Waals surface area contributed by atoms with Gasteiger partial charge in [-0.05, 0) is 59.4 Å². The first kappa shape index (κ1) is 13.7. The Bertz CT molecular complexity index is 592. The van der Waals surface area contributed by atoms with Crippen LogP contribution in [0.1, 0.15) is 30.9 Å². The lowest BCUT2D eigenvalue weighted by Crippen LogP contribution is -1.96. The third kappa shape index (κ3) is 2.65. The Labute approximate surface area is 110 Å². The molecule has 0 aliphatic carbocycles. The molecule has 2 aromatic carbocycles. The number of hydrogen-bond acceptors (Lipinski definition) is 0. The summed E-state index contributed by atoms with van der Waals surface area (Å²) >= 11 is 0. The number of rotatable bonds is 2. The molecule has 0 aromatic heterocycles. The van der Waals surface area contributed by atoms with Crippen molar-refractivity contribution in [2.45, 2.75) is 26.7 Å². The monoisotopic (exact) mass is 264 g/mol. The van der Waals surface area contributed by atoms with E-state index in [2.05, 4.69) is 0 Å². The van der Waals surface area contributed by atoms with Crippen LogP contribution in [-0.4, -0.2) is 0 Å². The van der Waals surface area contributed by atoms with Crippen LogP contribution in [-0.2, 0) is 0 Å². The molecule has 0 aliphatic heterocycles. The van der Waals surface area contributed by atoms with Gasteiger partial charge in [0, 0.05) is 0 Å². The highest BCUT2D eigenvalue weighted by Crippen LogP contribution is 2.31. The Hall–Kier alpha value is -1.77. The van der Waals surface area contributed by atoms with E-state index in [1.807, 2.05) is 13.8 Å². The van der Waals surface area contributed by atoms with Gasteiger partial charge in [0.15, 0.2) is 11.6 Å². The molecule has 0 atom stereocenters. The Balaban J connectivity index is 2.67. The van der Waals surface area contributed by atoms with Crippen LogP contribution in [0.25, 0.3) is 11.1 Å². The third-order valence-electron chi connectivity index (χ3n) is 3.16. The Morgan fingerprint density at radius 1 is 0.947 bits per heavy atom. The minimum absolute atomic E-state index is 0.170. The summed E-state index contributed by atoms with van der Waals surface area (Å²) in [4.78, 5) is 0. The molecule has 2 rings (SSSR count). The fourth-order valence-electron chi connectivity index (χ4n) is 2.16. The van der Waals surface area contributed by atoms with E-state index >= 15 is 0 Å². The van der Waals surface area contributed by atoms with Crippen LogP contribution in [0.3, 0.4) is 0 Å². The van der Waals surface area contributed by atoms with Crippen molar-refractivity contribution in [1.82, 2.24) is 0 Å². The van der Waals surface area contributed by atoms with Gasteiger partial charge < -0.3 is 0 Å². The topological polar surface area (TPSA) is 0 Å². The fourth-order valence-corrected chi connectivity index (χ4v) is 2.16. The summed E-state index contributed by atoms with van der Waals surface area (Å²) in [6, 6.07) is 7.08. The van der Waals surface area contributed by atoms with Crippen LogP contribution in [0.15, 0.2) is 30.3 Å². The van der Waals surface area contributed by atoms with Gasteiger partial charge in [0.1, 0.15) is 5.82 Å². The third-order valence-corrected chi connectivity index (χ3v) is 3.16. The second kappa shape index (κ2) is 5.08. The highest BCUT2D eigenvalue weighted by molar-refractivity contribution is 5.69. The van der Waals surface area contributed by atoms with E-state index in [0.29, 0.717) is 11.1 Å². The first-order valence-corrected chi connectivity index (χ1v) is 6.15. The lowest BCUT2D eigenvalue weighted by molar-refractivity contribution is 0.503. The van der Waals surface area contributed by atoms with Gasteiger partial charge in [-0.1, -0.05) is 19.9 Å². The molecule has 2 aromatic rings. The molecular formula is C16H15F3. The zero-order valence-electron chi connectivity index (χ0n) is 11.1. The van der Waals surface area contributed by atoms with Crippen molar-refractivity contribution in [2.24, 2.45) is 0 Å². The minimum atomic E-state index is -0.908. The van der Waals surface area contributed by atoms with Crippen LogP contribution in [0, 0.1) is 24.4 Å². The first-order valence-electron chi connectivity index (χ1n) is 6.15. The molecule has 0 fully saturated rings. The SMILES string of the molecule is Cc1cc(-c2cc(F)ccc2C(C)C)cc(F)c1F. The molecule has 0 heterocycles. The molecule has 0 nitrogen and oxygen atoms in total. The fraction of sp³-hybridized carbons (Fsp3) is 0.250. The molecular weight excluding hydrogens is 249 g/mol. The quantitative estimate of drug-likeness (QED) is 0.699. The van der Waals surface area contributed by atoms with E-state index < -0.39 is 11.6 Å². The van der Waals surface area contributed by atoms with Crippen molar-refractivity contribution in [3.05, 3.63) is 58.9 Å². The largest absolute Gasteiger partial charge is 0.207 e. The Kier molecular flexibility index (Phi) is 3.65.